The maximum absolute atomic E-state index is 12.0. The standard InChI is InChI=1S/C14H13NO2/c1-11-9-12(16)5-6-13(11)14(17)10-15-7-3-2-4-8-15/h2-9H,10H2,1H3/p+1. The second kappa shape index (κ2) is 4.78. The molecule has 0 bridgehead atoms. The van der Waals surface area contributed by atoms with E-state index in [0.717, 1.165) is 5.56 Å². The number of phenols is 1. The zero-order chi connectivity index (χ0) is 12.3. The minimum Gasteiger partial charge on any atom is -0.508 e. The van der Waals surface area contributed by atoms with E-state index in [0.29, 0.717) is 12.1 Å². The third-order valence-electron chi connectivity index (χ3n) is 2.61. The van der Waals surface area contributed by atoms with Gasteiger partial charge in [0, 0.05) is 17.7 Å². The van der Waals surface area contributed by atoms with E-state index in [1.807, 2.05) is 42.1 Å². The molecular weight excluding hydrogens is 214 g/mol. The number of carbonyl (C=O) groups is 1. The van der Waals surface area contributed by atoms with Gasteiger partial charge in [0.05, 0.1) is 0 Å². The van der Waals surface area contributed by atoms with Crippen LogP contribution in [0.15, 0.2) is 48.8 Å². The number of carbonyl (C=O) groups excluding carboxylic acids is 1. The van der Waals surface area contributed by atoms with Crippen LogP contribution >= 0.6 is 0 Å². The number of benzene rings is 1. The van der Waals surface area contributed by atoms with Crippen LogP contribution < -0.4 is 4.57 Å². The number of aromatic hydroxyl groups is 1. The van der Waals surface area contributed by atoms with E-state index in [1.54, 1.807) is 12.1 Å². The maximum Gasteiger partial charge on any atom is 0.227 e. The van der Waals surface area contributed by atoms with Crippen LogP contribution in [-0.4, -0.2) is 10.9 Å². The van der Waals surface area contributed by atoms with Crippen LogP contribution in [0.3, 0.4) is 0 Å². The SMILES string of the molecule is Cc1cc(O)ccc1C(=O)C[n+]1ccccc1. The van der Waals surface area contributed by atoms with Gasteiger partial charge in [-0.25, -0.2) is 0 Å². The molecule has 0 fully saturated rings. The van der Waals surface area contributed by atoms with Crippen LogP contribution in [-0.2, 0) is 6.54 Å². The van der Waals surface area contributed by atoms with Crippen molar-refractivity contribution in [3.8, 4) is 5.75 Å². The average Bonchev–Trinajstić information content (AvgIpc) is 2.30. The minimum atomic E-state index is 0.0405. The fourth-order valence-electron chi connectivity index (χ4n) is 1.75. The molecule has 86 valence electrons. The molecule has 2 rings (SSSR count). The van der Waals surface area contributed by atoms with E-state index >= 15 is 0 Å². The molecule has 17 heavy (non-hydrogen) atoms. The Morgan fingerprint density at radius 3 is 2.59 bits per heavy atom. The predicted molar refractivity (Wildman–Crippen MR) is 63.8 cm³/mol. The molecule has 0 amide bonds. The molecular formula is C14H14NO2+. The lowest BCUT2D eigenvalue weighted by molar-refractivity contribution is -0.683. The largest absolute Gasteiger partial charge is 0.508 e. The number of hydrogen-bond acceptors (Lipinski definition) is 2. The molecule has 0 saturated heterocycles. The van der Waals surface area contributed by atoms with Gasteiger partial charge >= 0.3 is 0 Å². The molecule has 0 unspecified atom stereocenters. The smallest absolute Gasteiger partial charge is 0.227 e. The van der Waals surface area contributed by atoms with Gasteiger partial charge in [0.25, 0.3) is 0 Å². The Morgan fingerprint density at radius 2 is 1.94 bits per heavy atom. The number of phenolic OH excluding ortho intramolecular Hbond substituents is 1. The Kier molecular flexibility index (Phi) is 3.19. The molecule has 0 atom stereocenters. The highest BCUT2D eigenvalue weighted by molar-refractivity contribution is 5.96. The third kappa shape index (κ3) is 2.69. The first kappa shape index (κ1) is 11.3. The van der Waals surface area contributed by atoms with E-state index in [-0.39, 0.29) is 11.5 Å². The summed E-state index contributed by atoms with van der Waals surface area (Å²) in [5, 5.41) is 9.29. The first-order valence-corrected chi connectivity index (χ1v) is 5.44. The van der Waals surface area contributed by atoms with Gasteiger partial charge in [0.15, 0.2) is 12.4 Å². The number of Topliss-reactive ketones (excluding diaryl/α,β-unsaturated/α-hetero) is 1. The van der Waals surface area contributed by atoms with Crippen molar-refractivity contribution in [2.45, 2.75) is 13.5 Å². The van der Waals surface area contributed by atoms with Crippen molar-refractivity contribution >= 4 is 5.78 Å². The molecule has 0 aliphatic carbocycles. The van der Waals surface area contributed by atoms with Crippen molar-refractivity contribution < 1.29 is 14.5 Å². The molecule has 0 aliphatic heterocycles. The zero-order valence-electron chi connectivity index (χ0n) is 9.63. The van der Waals surface area contributed by atoms with Crippen molar-refractivity contribution in [2.75, 3.05) is 0 Å². The summed E-state index contributed by atoms with van der Waals surface area (Å²) in [6.45, 7) is 2.13. The number of aryl methyl sites for hydroxylation is 1. The number of ketones is 1. The molecule has 0 spiro atoms. The summed E-state index contributed by atoms with van der Waals surface area (Å²) in [6, 6.07) is 10.5. The molecule has 1 heterocycles. The highest BCUT2D eigenvalue weighted by Crippen LogP contribution is 2.16. The number of rotatable bonds is 3. The van der Waals surface area contributed by atoms with Crippen LogP contribution in [0.4, 0.5) is 0 Å². The second-order valence-corrected chi connectivity index (χ2v) is 3.97. The summed E-state index contributed by atoms with van der Waals surface area (Å²) in [5.41, 5.74) is 1.45. The van der Waals surface area contributed by atoms with E-state index in [2.05, 4.69) is 0 Å². The van der Waals surface area contributed by atoms with Crippen LogP contribution in [0.2, 0.25) is 0 Å². The summed E-state index contributed by atoms with van der Waals surface area (Å²) >= 11 is 0. The highest BCUT2D eigenvalue weighted by Gasteiger charge is 2.13. The van der Waals surface area contributed by atoms with Crippen molar-refractivity contribution in [1.29, 1.82) is 0 Å². The molecule has 1 aromatic carbocycles. The first-order valence-electron chi connectivity index (χ1n) is 5.44. The molecule has 0 aliphatic rings. The number of hydrogen-bond donors (Lipinski definition) is 1. The molecule has 3 nitrogen and oxygen atoms in total. The fraction of sp³-hybridized carbons (Fsp3) is 0.143. The highest BCUT2D eigenvalue weighted by atomic mass is 16.3. The Labute approximate surface area is 100.0 Å². The monoisotopic (exact) mass is 228 g/mol. The Hall–Kier alpha value is -2.16. The van der Waals surface area contributed by atoms with Gasteiger partial charge in [-0.15, -0.1) is 0 Å². The average molecular weight is 228 g/mol. The predicted octanol–water partition coefficient (Wildman–Crippen LogP) is 1.87. The fourth-order valence-corrected chi connectivity index (χ4v) is 1.75. The number of nitrogens with zero attached hydrogens (tertiary/aromatic N) is 1. The second-order valence-electron chi connectivity index (χ2n) is 3.97. The van der Waals surface area contributed by atoms with E-state index in [1.165, 1.54) is 6.07 Å². The normalized spacial score (nSPS) is 10.2. The van der Waals surface area contributed by atoms with Crippen molar-refractivity contribution in [2.24, 2.45) is 0 Å². The molecule has 3 heteroatoms. The minimum absolute atomic E-state index is 0.0405. The van der Waals surface area contributed by atoms with Gasteiger partial charge in [-0.3, -0.25) is 4.79 Å². The number of pyridine rings is 1. The van der Waals surface area contributed by atoms with Crippen LogP contribution in [0.1, 0.15) is 15.9 Å². The lowest BCUT2D eigenvalue weighted by Gasteiger charge is -2.03. The van der Waals surface area contributed by atoms with Gasteiger partial charge in [-0.05, 0) is 30.7 Å². The van der Waals surface area contributed by atoms with Gasteiger partial charge in [-0.2, -0.15) is 4.57 Å². The maximum atomic E-state index is 12.0. The number of aromatic nitrogens is 1. The Bertz CT molecular complexity index is 535. The summed E-state index contributed by atoms with van der Waals surface area (Å²) < 4.78 is 1.83. The Balaban J connectivity index is 2.21. The van der Waals surface area contributed by atoms with Crippen LogP contribution in [0, 0.1) is 6.92 Å². The summed E-state index contributed by atoms with van der Waals surface area (Å²) in [7, 11) is 0. The summed E-state index contributed by atoms with van der Waals surface area (Å²) in [4.78, 5) is 12.0. The van der Waals surface area contributed by atoms with E-state index in [4.69, 9.17) is 0 Å². The quantitative estimate of drug-likeness (QED) is 0.643. The zero-order valence-corrected chi connectivity index (χ0v) is 9.63. The first-order chi connectivity index (χ1) is 8.16. The van der Waals surface area contributed by atoms with Crippen LogP contribution in [0.5, 0.6) is 5.75 Å². The lowest BCUT2D eigenvalue weighted by Crippen LogP contribution is -2.37. The van der Waals surface area contributed by atoms with E-state index < -0.39 is 0 Å². The van der Waals surface area contributed by atoms with Gasteiger partial charge in [-0.1, -0.05) is 6.07 Å². The topological polar surface area (TPSA) is 41.2 Å². The van der Waals surface area contributed by atoms with Gasteiger partial charge in [0.2, 0.25) is 12.3 Å². The van der Waals surface area contributed by atoms with Gasteiger partial charge < -0.3 is 5.11 Å². The molecule has 1 N–H and O–H groups in total. The molecule has 2 aromatic rings. The van der Waals surface area contributed by atoms with E-state index in [9.17, 15) is 9.90 Å². The van der Waals surface area contributed by atoms with Gasteiger partial charge in [0.1, 0.15) is 5.75 Å². The summed E-state index contributed by atoms with van der Waals surface area (Å²) in [5.74, 6) is 0.227. The van der Waals surface area contributed by atoms with Crippen LogP contribution in [0.25, 0.3) is 0 Å². The lowest BCUT2D eigenvalue weighted by atomic mass is 10.0. The Morgan fingerprint density at radius 1 is 1.24 bits per heavy atom. The van der Waals surface area contributed by atoms with Crippen molar-refractivity contribution in [3.05, 3.63) is 59.9 Å². The van der Waals surface area contributed by atoms with Crippen molar-refractivity contribution in [3.63, 3.8) is 0 Å². The van der Waals surface area contributed by atoms with Crippen molar-refractivity contribution in [1.82, 2.24) is 0 Å². The molecule has 0 radical (unpaired) electrons. The third-order valence-corrected chi connectivity index (χ3v) is 2.61. The molecule has 0 saturated carbocycles. The summed E-state index contributed by atoms with van der Waals surface area (Å²) in [6.07, 6.45) is 3.71. The molecule has 1 aromatic heterocycles.